The van der Waals surface area contributed by atoms with E-state index in [0.717, 1.165) is 0 Å². The van der Waals surface area contributed by atoms with E-state index in [0.29, 0.717) is 0 Å². The van der Waals surface area contributed by atoms with Crippen LogP contribution in [0.2, 0.25) is 0 Å². The van der Waals surface area contributed by atoms with E-state index in [2.05, 4.69) is 5.32 Å². The molecule has 1 rings (SSSR count). The molecule has 5 atom stereocenters. The summed E-state index contributed by atoms with van der Waals surface area (Å²) in [6, 6.07) is -1.60. The minimum atomic E-state index is -1.94. The Morgan fingerprint density at radius 1 is 1.06 bits per heavy atom. The molecule has 0 saturated heterocycles. The Bertz CT molecular complexity index is 263. The van der Waals surface area contributed by atoms with Gasteiger partial charge in [0.05, 0.1) is 32.0 Å². The van der Waals surface area contributed by atoms with Gasteiger partial charge in [-0.05, 0) is 6.42 Å². The molecule has 1 fully saturated rings. The lowest BCUT2D eigenvalue weighted by atomic mass is 9.76. The van der Waals surface area contributed by atoms with Gasteiger partial charge in [0.1, 0.15) is 17.8 Å². The highest BCUT2D eigenvalue weighted by Gasteiger charge is 2.51. The fourth-order valence-electron chi connectivity index (χ4n) is 2.15. The Labute approximate surface area is 104 Å². The maximum Gasteiger partial charge on any atom is 0.118 e. The van der Waals surface area contributed by atoms with Crippen LogP contribution in [0.15, 0.2) is 0 Å². The van der Waals surface area contributed by atoms with Gasteiger partial charge >= 0.3 is 0 Å². The SMILES string of the molecule is OCC(CO)NC1C[C@@](O)(CO)C(O)C(O)C1O. The molecule has 0 spiro atoms. The predicted octanol–water partition coefficient (Wildman–Crippen LogP) is -4.49. The van der Waals surface area contributed by atoms with Gasteiger partial charge in [0.2, 0.25) is 0 Å². The Balaban J connectivity index is 2.79. The molecule has 1 aliphatic rings. The van der Waals surface area contributed by atoms with Crippen molar-refractivity contribution in [3.63, 3.8) is 0 Å². The minimum absolute atomic E-state index is 0.223. The number of aliphatic hydroxyl groups excluding tert-OH is 6. The number of nitrogens with one attached hydrogen (secondary N) is 1. The summed E-state index contributed by atoms with van der Waals surface area (Å²) >= 11 is 0. The molecule has 0 radical (unpaired) electrons. The number of hydrogen-bond acceptors (Lipinski definition) is 8. The van der Waals surface area contributed by atoms with E-state index >= 15 is 0 Å². The van der Waals surface area contributed by atoms with Crippen molar-refractivity contribution in [1.29, 1.82) is 0 Å². The highest BCUT2D eigenvalue weighted by atomic mass is 16.4. The van der Waals surface area contributed by atoms with Crippen LogP contribution in [0.5, 0.6) is 0 Å². The van der Waals surface area contributed by atoms with Crippen molar-refractivity contribution < 1.29 is 35.7 Å². The van der Waals surface area contributed by atoms with Crippen molar-refractivity contribution in [3.8, 4) is 0 Å². The molecule has 18 heavy (non-hydrogen) atoms. The first-order valence-corrected chi connectivity index (χ1v) is 5.74. The lowest BCUT2D eigenvalue weighted by molar-refractivity contribution is -0.207. The van der Waals surface area contributed by atoms with E-state index in [9.17, 15) is 20.4 Å². The molecule has 8 N–H and O–H groups in total. The first-order valence-electron chi connectivity index (χ1n) is 5.74. The van der Waals surface area contributed by atoms with Crippen LogP contribution in [0.3, 0.4) is 0 Å². The second kappa shape index (κ2) is 6.22. The fraction of sp³-hybridized carbons (Fsp3) is 1.00. The third-order valence-corrected chi connectivity index (χ3v) is 3.37. The predicted molar refractivity (Wildman–Crippen MR) is 59.6 cm³/mol. The summed E-state index contributed by atoms with van der Waals surface area (Å²) in [6.07, 6.45) is -4.91. The molecular weight excluding hydrogens is 246 g/mol. The normalized spacial score (nSPS) is 41.3. The van der Waals surface area contributed by atoms with E-state index in [4.69, 9.17) is 15.3 Å². The number of aliphatic hydroxyl groups is 7. The van der Waals surface area contributed by atoms with Gasteiger partial charge in [0, 0.05) is 6.04 Å². The lowest BCUT2D eigenvalue weighted by Gasteiger charge is -2.46. The van der Waals surface area contributed by atoms with Gasteiger partial charge in [0.25, 0.3) is 0 Å². The summed E-state index contributed by atoms with van der Waals surface area (Å²) in [4.78, 5) is 0. The van der Waals surface area contributed by atoms with Crippen molar-refractivity contribution in [2.45, 2.75) is 42.4 Å². The third-order valence-electron chi connectivity index (χ3n) is 3.37. The summed E-state index contributed by atoms with van der Waals surface area (Å²) in [6.45, 7) is -1.56. The molecule has 1 saturated carbocycles. The summed E-state index contributed by atoms with van der Waals surface area (Å²) in [5.41, 5.74) is -1.94. The zero-order valence-corrected chi connectivity index (χ0v) is 9.85. The largest absolute Gasteiger partial charge is 0.395 e. The van der Waals surface area contributed by atoms with E-state index in [1.54, 1.807) is 0 Å². The Hall–Kier alpha value is -0.320. The topological polar surface area (TPSA) is 154 Å². The van der Waals surface area contributed by atoms with E-state index in [1.807, 2.05) is 0 Å². The van der Waals surface area contributed by atoms with Crippen LogP contribution in [-0.4, -0.2) is 91.6 Å². The second-order valence-corrected chi connectivity index (χ2v) is 4.73. The van der Waals surface area contributed by atoms with Gasteiger partial charge < -0.3 is 41.1 Å². The van der Waals surface area contributed by atoms with E-state index in [1.165, 1.54) is 0 Å². The van der Waals surface area contributed by atoms with Crippen LogP contribution in [0.1, 0.15) is 6.42 Å². The molecule has 8 nitrogen and oxygen atoms in total. The van der Waals surface area contributed by atoms with Crippen LogP contribution in [-0.2, 0) is 0 Å². The lowest BCUT2D eigenvalue weighted by Crippen LogP contribution is -2.68. The molecule has 0 heterocycles. The van der Waals surface area contributed by atoms with Gasteiger partial charge in [-0.1, -0.05) is 0 Å². The second-order valence-electron chi connectivity index (χ2n) is 4.73. The van der Waals surface area contributed by atoms with Crippen molar-refractivity contribution in [1.82, 2.24) is 5.32 Å². The molecule has 0 amide bonds. The fourth-order valence-corrected chi connectivity index (χ4v) is 2.15. The highest BCUT2D eigenvalue weighted by molar-refractivity contribution is 5.05. The van der Waals surface area contributed by atoms with Crippen molar-refractivity contribution in [2.75, 3.05) is 19.8 Å². The molecule has 1 aliphatic carbocycles. The van der Waals surface area contributed by atoms with Gasteiger partial charge in [-0.2, -0.15) is 0 Å². The van der Waals surface area contributed by atoms with Gasteiger partial charge in [-0.15, -0.1) is 0 Å². The molecule has 0 aromatic rings. The van der Waals surface area contributed by atoms with Gasteiger partial charge in [0.15, 0.2) is 0 Å². The quantitative estimate of drug-likeness (QED) is 0.248. The summed E-state index contributed by atoms with van der Waals surface area (Å²) in [5, 5.41) is 68.4. The average molecular weight is 267 g/mol. The van der Waals surface area contributed by atoms with Crippen LogP contribution in [0.4, 0.5) is 0 Å². The molecular formula is C10H21NO7. The molecule has 108 valence electrons. The average Bonchev–Trinajstić information content (AvgIpc) is 2.39. The van der Waals surface area contributed by atoms with Gasteiger partial charge in [-0.25, -0.2) is 0 Å². The summed E-state index contributed by atoms with van der Waals surface area (Å²) < 4.78 is 0. The first kappa shape index (κ1) is 15.7. The zero-order valence-electron chi connectivity index (χ0n) is 9.85. The highest BCUT2D eigenvalue weighted by Crippen LogP contribution is 2.29. The van der Waals surface area contributed by atoms with Crippen molar-refractivity contribution >= 4 is 0 Å². The van der Waals surface area contributed by atoms with E-state index in [-0.39, 0.29) is 6.42 Å². The Morgan fingerprint density at radius 2 is 1.61 bits per heavy atom. The number of rotatable bonds is 5. The van der Waals surface area contributed by atoms with Gasteiger partial charge in [-0.3, -0.25) is 0 Å². The monoisotopic (exact) mass is 267 g/mol. The zero-order chi connectivity index (χ0) is 13.9. The minimum Gasteiger partial charge on any atom is -0.395 e. The molecule has 4 unspecified atom stereocenters. The van der Waals surface area contributed by atoms with Crippen molar-refractivity contribution in [2.24, 2.45) is 0 Å². The summed E-state index contributed by atoms with van der Waals surface area (Å²) in [7, 11) is 0. The third kappa shape index (κ3) is 2.98. The van der Waals surface area contributed by atoms with Crippen LogP contribution in [0.25, 0.3) is 0 Å². The molecule has 0 bridgehead atoms. The summed E-state index contributed by atoms with van der Waals surface area (Å²) in [5.74, 6) is 0. The smallest absolute Gasteiger partial charge is 0.118 e. The Morgan fingerprint density at radius 3 is 2.06 bits per heavy atom. The molecule has 0 aromatic carbocycles. The van der Waals surface area contributed by atoms with Crippen LogP contribution >= 0.6 is 0 Å². The van der Waals surface area contributed by atoms with Crippen molar-refractivity contribution in [3.05, 3.63) is 0 Å². The standard InChI is InChI=1S/C10H21NO7/c12-2-5(3-13)11-6-1-10(18,4-14)9(17)8(16)7(6)15/h5-9,11-18H,1-4H2/t6?,7?,8?,9?,10-/m1/s1. The molecule has 8 heteroatoms. The van der Waals surface area contributed by atoms with E-state index < -0.39 is 55.8 Å². The maximum absolute atomic E-state index is 9.93. The first-order chi connectivity index (χ1) is 8.39. The molecule has 0 aliphatic heterocycles. The molecule has 0 aromatic heterocycles. The maximum atomic E-state index is 9.93. The Kier molecular flexibility index (Phi) is 5.44. The number of hydrogen-bond donors (Lipinski definition) is 8. The van der Waals surface area contributed by atoms with Crippen LogP contribution < -0.4 is 5.32 Å². The van der Waals surface area contributed by atoms with Crippen LogP contribution in [0, 0.1) is 0 Å².